The lowest BCUT2D eigenvalue weighted by atomic mass is 10.1. The summed E-state index contributed by atoms with van der Waals surface area (Å²) in [6.45, 7) is -0.469. The number of hydrogen-bond donors (Lipinski definition) is 0. The Morgan fingerprint density at radius 1 is 0.929 bits per heavy atom. The van der Waals surface area contributed by atoms with Gasteiger partial charge in [0.05, 0.1) is 16.8 Å². The molecule has 2 aromatic carbocycles. The molecular weight excluding hydrogens is 407 g/mol. The molecule has 3 aromatic rings. The van der Waals surface area contributed by atoms with E-state index in [9.17, 15) is 14.4 Å². The largest absolute Gasteiger partial charge is 0.457 e. The van der Waals surface area contributed by atoms with Crippen molar-refractivity contribution in [3.05, 3.63) is 87.8 Å². The van der Waals surface area contributed by atoms with Crippen molar-refractivity contribution in [3.8, 4) is 5.75 Å². The number of esters is 2. The number of furan rings is 1. The summed E-state index contributed by atoms with van der Waals surface area (Å²) in [5, 5.41) is 0.512. The van der Waals surface area contributed by atoms with E-state index in [-0.39, 0.29) is 27.7 Å². The second-order valence-electron chi connectivity index (χ2n) is 5.51. The minimum absolute atomic E-state index is 0.0629. The second kappa shape index (κ2) is 8.73. The van der Waals surface area contributed by atoms with Crippen LogP contribution in [0.3, 0.4) is 0 Å². The first-order valence-electron chi connectivity index (χ1n) is 7.95. The maximum absolute atomic E-state index is 12.2. The molecule has 8 heteroatoms. The first kappa shape index (κ1) is 19.7. The van der Waals surface area contributed by atoms with Crippen molar-refractivity contribution in [2.45, 2.75) is 0 Å². The van der Waals surface area contributed by atoms with Gasteiger partial charge in [0.1, 0.15) is 5.75 Å². The molecule has 0 N–H and O–H groups in total. The van der Waals surface area contributed by atoms with E-state index in [0.29, 0.717) is 5.02 Å². The summed E-state index contributed by atoms with van der Waals surface area (Å²) in [7, 11) is 0. The van der Waals surface area contributed by atoms with Gasteiger partial charge < -0.3 is 13.9 Å². The van der Waals surface area contributed by atoms with Gasteiger partial charge in [0.15, 0.2) is 12.4 Å². The summed E-state index contributed by atoms with van der Waals surface area (Å²) in [5.74, 6) is -1.52. The Hall–Kier alpha value is -3.09. The van der Waals surface area contributed by atoms with E-state index in [1.165, 1.54) is 54.8 Å². The third kappa shape index (κ3) is 4.79. The topological polar surface area (TPSA) is 82.8 Å². The molecule has 0 fully saturated rings. The molecule has 0 saturated heterocycles. The van der Waals surface area contributed by atoms with E-state index < -0.39 is 24.3 Å². The van der Waals surface area contributed by atoms with Gasteiger partial charge in [-0.15, -0.1) is 0 Å². The molecule has 0 aliphatic rings. The number of benzene rings is 2. The fourth-order valence-electron chi connectivity index (χ4n) is 2.21. The van der Waals surface area contributed by atoms with Gasteiger partial charge in [-0.25, -0.2) is 9.59 Å². The van der Waals surface area contributed by atoms with Gasteiger partial charge in [-0.05, 0) is 54.6 Å². The van der Waals surface area contributed by atoms with Crippen LogP contribution < -0.4 is 4.74 Å². The zero-order valence-electron chi connectivity index (χ0n) is 14.2. The molecular formula is C20H12Cl2O6. The zero-order valence-corrected chi connectivity index (χ0v) is 15.7. The van der Waals surface area contributed by atoms with Gasteiger partial charge >= 0.3 is 11.9 Å². The first-order chi connectivity index (χ1) is 13.4. The van der Waals surface area contributed by atoms with E-state index in [1.54, 1.807) is 6.07 Å². The molecule has 6 nitrogen and oxygen atoms in total. The fourth-order valence-corrected chi connectivity index (χ4v) is 2.69. The Labute approximate surface area is 169 Å². The molecule has 0 spiro atoms. The lowest BCUT2D eigenvalue weighted by Crippen LogP contribution is -2.14. The van der Waals surface area contributed by atoms with Crippen LogP contribution in [0.4, 0.5) is 0 Å². The number of hydrogen-bond acceptors (Lipinski definition) is 6. The summed E-state index contributed by atoms with van der Waals surface area (Å²) >= 11 is 11.7. The highest BCUT2D eigenvalue weighted by molar-refractivity contribution is 6.36. The summed E-state index contributed by atoms with van der Waals surface area (Å²) in [4.78, 5) is 36.0. The summed E-state index contributed by atoms with van der Waals surface area (Å²) in [6, 6.07) is 13.2. The van der Waals surface area contributed by atoms with Crippen LogP contribution in [0, 0.1) is 0 Å². The predicted octanol–water partition coefficient (Wildman–Crippen LogP) is 4.85. The molecule has 0 bridgehead atoms. The lowest BCUT2D eigenvalue weighted by Gasteiger charge is -2.07. The SMILES string of the molecule is O=C(COC(=O)c1ccc(Cl)cc1Cl)c1ccc(OC(=O)c2ccco2)cc1. The van der Waals surface area contributed by atoms with Crippen LogP contribution in [0.2, 0.25) is 10.0 Å². The van der Waals surface area contributed by atoms with Crippen molar-refractivity contribution in [2.75, 3.05) is 6.61 Å². The second-order valence-corrected chi connectivity index (χ2v) is 6.36. The molecule has 0 saturated carbocycles. The van der Waals surface area contributed by atoms with Gasteiger partial charge in [-0.1, -0.05) is 23.2 Å². The van der Waals surface area contributed by atoms with Crippen LogP contribution >= 0.6 is 23.2 Å². The quantitative estimate of drug-likeness (QED) is 0.323. The standard InChI is InChI=1S/C20H12Cl2O6/c21-13-5-8-15(16(22)10-13)19(24)27-11-17(23)12-3-6-14(7-4-12)28-20(25)18-2-1-9-26-18/h1-10H,11H2. The Kier molecular flexibility index (Phi) is 6.13. The number of ether oxygens (including phenoxy) is 2. The van der Waals surface area contributed by atoms with E-state index in [4.69, 9.17) is 37.1 Å². The molecule has 28 heavy (non-hydrogen) atoms. The normalized spacial score (nSPS) is 10.4. The molecule has 1 aromatic heterocycles. The number of rotatable bonds is 6. The van der Waals surface area contributed by atoms with Crippen molar-refractivity contribution < 1.29 is 28.3 Å². The maximum Gasteiger partial charge on any atom is 0.379 e. The summed E-state index contributed by atoms with van der Waals surface area (Å²) in [6.07, 6.45) is 1.36. The monoisotopic (exact) mass is 418 g/mol. The highest BCUT2D eigenvalue weighted by Gasteiger charge is 2.16. The molecule has 1 heterocycles. The zero-order chi connectivity index (χ0) is 20.1. The number of carbonyl (C=O) groups excluding carboxylic acids is 3. The Morgan fingerprint density at radius 2 is 1.68 bits per heavy atom. The minimum atomic E-state index is -0.737. The summed E-state index contributed by atoms with van der Waals surface area (Å²) < 4.78 is 15.1. The molecule has 0 aliphatic heterocycles. The summed E-state index contributed by atoms with van der Waals surface area (Å²) in [5.41, 5.74) is 0.395. The van der Waals surface area contributed by atoms with E-state index >= 15 is 0 Å². The van der Waals surface area contributed by atoms with Gasteiger partial charge in [0, 0.05) is 10.6 Å². The van der Waals surface area contributed by atoms with Crippen molar-refractivity contribution >= 4 is 40.9 Å². The molecule has 3 rings (SSSR count). The predicted molar refractivity (Wildman–Crippen MR) is 101 cm³/mol. The van der Waals surface area contributed by atoms with Gasteiger partial charge in [0.2, 0.25) is 5.76 Å². The van der Waals surface area contributed by atoms with Crippen molar-refractivity contribution in [1.29, 1.82) is 0 Å². The molecule has 0 amide bonds. The number of Topliss-reactive ketones (excluding diaryl/α,β-unsaturated/α-hetero) is 1. The van der Waals surface area contributed by atoms with Crippen molar-refractivity contribution in [3.63, 3.8) is 0 Å². The van der Waals surface area contributed by atoms with Crippen LogP contribution in [0.5, 0.6) is 5.75 Å². The number of carbonyl (C=O) groups is 3. The molecule has 0 unspecified atom stereocenters. The Balaban J connectivity index is 1.57. The third-order valence-electron chi connectivity index (χ3n) is 3.59. The number of ketones is 1. The molecule has 0 aliphatic carbocycles. The van der Waals surface area contributed by atoms with Gasteiger partial charge in [-0.2, -0.15) is 0 Å². The lowest BCUT2D eigenvalue weighted by molar-refractivity contribution is 0.0474. The maximum atomic E-state index is 12.2. The molecule has 0 radical (unpaired) electrons. The smallest absolute Gasteiger partial charge is 0.379 e. The van der Waals surface area contributed by atoms with Gasteiger partial charge in [-0.3, -0.25) is 4.79 Å². The fraction of sp³-hybridized carbons (Fsp3) is 0.0500. The highest BCUT2D eigenvalue weighted by Crippen LogP contribution is 2.22. The number of halogens is 2. The van der Waals surface area contributed by atoms with E-state index in [0.717, 1.165) is 0 Å². The Morgan fingerprint density at radius 3 is 2.32 bits per heavy atom. The highest BCUT2D eigenvalue weighted by atomic mass is 35.5. The van der Waals surface area contributed by atoms with Crippen molar-refractivity contribution in [2.24, 2.45) is 0 Å². The minimum Gasteiger partial charge on any atom is -0.457 e. The van der Waals surface area contributed by atoms with Crippen LogP contribution in [0.1, 0.15) is 31.3 Å². The van der Waals surface area contributed by atoms with Crippen LogP contribution in [-0.2, 0) is 4.74 Å². The molecule has 142 valence electrons. The first-order valence-corrected chi connectivity index (χ1v) is 8.71. The van der Waals surface area contributed by atoms with Crippen LogP contribution in [0.25, 0.3) is 0 Å². The van der Waals surface area contributed by atoms with Crippen LogP contribution in [-0.4, -0.2) is 24.3 Å². The van der Waals surface area contributed by atoms with E-state index in [2.05, 4.69) is 0 Å². The van der Waals surface area contributed by atoms with Crippen molar-refractivity contribution in [1.82, 2.24) is 0 Å². The third-order valence-corrected chi connectivity index (χ3v) is 4.14. The van der Waals surface area contributed by atoms with Crippen LogP contribution in [0.15, 0.2) is 65.3 Å². The Bertz CT molecular complexity index is 1010. The van der Waals surface area contributed by atoms with E-state index in [1.807, 2.05) is 0 Å². The van der Waals surface area contributed by atoms with Gasteiger partial charge in [0.25, 0.3) is 0 Å². The average molecular weight is 419 g/mol. The molecule has 0 atom stereocenters. The average Bonchev–Trinajstić information content (AvgIpc) is 3.21.